The van der Waals surface area contributed by atoms with E-state index in [2.05, 4.69) is 5.32 Å². The summed E-state index contributed by atoms with van der Waals surface area (Å²) in [6, 6.07) is 11.2. The van der Waals surface area contributed by atoms with Crippen molar-refractivity contribution in [2.45, 2.75) is 6.92 Å². The lowest BCUT2D eigenvalue weighted by Gasteiger charge is -2.12. The molecule has 0 aliphatic carbocycles. The Morgan fingerprint density at radius 1 is 1.14 bits per heavy atom. The van der Waals surface area contributed by atoms with Crippen molar-refractivity contribution < 1.29 is 19.4 Å². The highest BCUT2D eigenvalue weighted by molar-refractivity contribution is 6.09. The molecule has 6 heteroatoms. The van der Waals surface area contributed by atoms with Gasteiger partial charge in [0.05, 0.1) is 29.1 Å². The van der Waals surface area contributed by atoms with Crippen molar-refractivity contribution in [3.63, 3.8) is 0 Å². The number of carboxylic acids is 1. The molecular weight excluding hydrogens is 284 g/mol. The number of ether oxygens (including phenoxy) is 1. The molecule has 0 aromatic heterocycles. The van der Waals surface area contributed by atoms with Gasteiger partial charge in [-0.3, -0.25) is 4.79 Å². The summed E-state index contributed by atoms with van der Waals surface area (Å²) in [5.74, 6) is -1.11. The fourth-order valence-electron chi connectivity index (χ4n) is 1.99. The van der Waals surface area contributed by atoms with Gasteiger partial charge >= 0.3 is 5.97 Å². The number of hydrogen-bond acceptors (Lipinski definition) is 4. The van der Waals surface area contributed by atoms with Gasteiger partial charge in [-0.1, -0.05) is 18.2 Å². The molecule has 4 N–H and O–H groups in total. The van der Waals surface area contributed by atoms with Crippen molar-refractivity contribution in [3.8, 4) is 5.75 Å². The number of nitrogens with one attached hydrogen (secondary N) is 1. The van der Waals surface area contributed by atoms with Crippen molar-refractivity contribution in [1.29, 1.82) is 0 Å². The van der Waals surface area contributed by atoms with E-state index in [1.807, 2.05) is 6.92 Å². The monoisotopic (exact) mass is 300 g/mol. The Balaban J connectivity index is 2.30. The number of rotatable bonds is 5. The van der Waals surface area contributed by atoms with E-state index in [9.17, 15) is 9.59 Å². The van der Waals surface area contributed by atoms with E-state index in [0.717, 1.165) is 0 Å². The Morgan fingerprint density at radius 2 is 1.82 bits per heavy atom. The number of anilines is 2. The van der Waals surface area contributed by atoms with Crippen molar-refractivity contribution in [1.82, 2.24) is 0 Å². The van der Waals surface area contributed by atoms with Gasteiger partial charge in [-0.25, -0.2) is 4.79 Å². The zero-order valence-corrected chi connectivity index (χ0v) is 12.0. The van der Waals surface area contributed by atoms with Crippen LogP contribution in [-0.2, 0) is 0 Å². The van der Waals surface area contributed by atoms with Crippen LogP contribution in [-0.4, -0.2) is 23.6 Å². The number of benzene rings is 2. The lowest BCUT2D eigenvalue weighted by Crippen LogP contribution is -2.16. The van der Waals surface area contributed by atoms with Crippen molar-refractivity contribution >= 4 is 23.3 Å². The largest absolute Gasteiger partial charge is 0.493 e. The van der Waals surface area contributed by atoms with Crippen LogP contribution in [0.15, 0.2) is 42.5 Å². The van der Waals surface area contributed by atoms with E-state index >= 15 is 0 Å². The van der Waals surface area contributed by atoms with Crippen LogP contribution in [0, 0.1) is 0 Å². The molecule has 2 aromatic rings. The topological polar surface area (TPSA) is 102 Å². The number of carboxylic acid groups (broad SMARTS) is 1. The molecule has 0 spiro atoms. The molecular formula is C16H16N2O4. The van der Waals surface area contributed by atoms with Crippen molar-refractivity contribution in [3.05, 3.63) is 53.6 Å². The summed E-state index contributed by atoms with van der Waals surface area (Å²) in [5, 5.41) is 11.7. The van der Waals surface area contributed by atoms with Gasteiger partial charge in [0.25, 0.3) is 5.91 Å². The molecule has 22 heavy (non-hydrogen) atoms. The van der Waals surface area contributed by atoms with E-state index in [1.54, 1.807) is 30.3 Å². The Bertz CT molecular complexity index is 713. The van der Waals surface area contributed by atoms with Gasteiger partial charge in [0, 0.05) is 0 Å². The normalized spacial score (nSPS) is 10.0. The number of nitrogen functional groups attached to an aromatic ring is 1. The van der Waals surface area contributed by atoms with E-state index in [4.69, 9.17) is 15.6 Å². The zero-order valence-electron chi connectivity index (χ0n) is 12.0. The van der Waals surface area contributed by atoms with Crippen LogP contribution in [0.25, 0.3) is 0 Å². The van der Waals surface area contributed by atoms with Gasteiger partial charge in [0.1, 0.15) is 5.75 Å². The number of aromatic carboxylic acids is 1. The Morgan fingerprint density at radius 3 is 2.50 bits per heavy atom. The van der Waals surface area contributed by atoms with Crippen LogP contribution >= 0.6 is 0 Å². The lowest BCUT2D eigenvalue weighted by atomic mass is 10.1. The van der Waals surface area contributed by atoms with Gasteiger partial charge in [-0.15, -0.1) is 0 Å². The molecule has 0 atom stereocenters. The van der Waals surface area contributed by atoms with E-state index in [0.29, 0.717) is 17.9 Å². The maximum atomic E-state index is 12.3. The maximum Gasteiger partial charge on any atom is 0.337 e. The molecule has 2 rings (SSSR count). The summed E-state index contributed by atoms with van der Waals surface area (Å²) in [7, 11) is 0. The van der Waals surface area contributed by atoms with Crippen LogP contribution in [0.5, 0.6) is 5.75 Å². The average Bonchev–Trinajstić information content (AvgIpc) is 2.50. The molecule has 114 valence electrons. The second-order valence-electron chi connectivity index (χ2n) is 4.46. The number of nitrogens with two attached hydrogens (primary N) is 1. The minimum Gasteiger partial charge on any atom is -0.493 e. The standard InChI is InChI=1S/C16H16N2O4/c1-2-22-13-9-4-3-6-10(13)15(19)18-12-8-5-7-11(14(12)17)16(20)21/h3-9H,2,17H2,1H3,(H,18,19)(H,20,21). The summed E-state index contributed by atoms with van der Waals surface area (Å²) in [6.07, 6.45) is 0. The predicted octanol–water partition coefficient (Wildman–Crippen LogP) is 2.62. The maximum absolute atomic E-state index is 12.3. The highest BCUT2D eigenvalue weighted by Crippen LogP contribution is 2.25. The van der Waals surface area contributed by atoms with Crippen LogP contribution in [0.2, 0.25) is 0 Å². The number of hydrogen-bond donors (Lipinski definition) is 3. The van der Waals surface area contributed by atoms with Crippen LogP contribution in [0.4, 0.5) is 11.4 Å². The quantitative estimate of drug-likeness (QED) is 0.737. The number of carbonyl (C=O) groups is 2. The molecule has 0 saturated carbocycles. The fraction of sp³-hybridized carbons (Fsp3) is 0.125. The molecule has 0 aliphatic rings. The first-order valence-corrected chi connectivity index (χ1v) is 6.69. The fourth-order valence-corrected chi connectivity index (χ4v) is 1.99. The first kappa shape index (κ1) is 15.4. The van der Waals surface area contributed by atoms with Crippen LogP contribution in [0.3, 0.4) is 0 Å². The smallest absolute Gasteiger partial charge is 0.337 e. The van der Waals surface area contributed by atoms with Crippen LogP contribution in [0.1, 0.15) is 27.6 Å². The summed E-state index contributed by atoms with van der Waals surface area (Å²) in [5.41, 5.74) is 6.33. The minimum absolute atomic E-state index is 0.0113. The molecule has 0 saturated heterocycles. The van der Waals surface area contributed by atoms with E-state index in [-0.39, 0.29) is 16.9 Å². The van der Waals surface area contributed by atoms with Gasteiger partial charge in [0.2, 0.25) is 0 Å². The minimum atomic E-state index is -1.15. The second kappa shape index (κ2) is 6.62. The molecule has 0 fully saturated rings. The van der Waals surface area contributed by atoms with Gasteiger partial charge in [0.15, 0.2) is 0 Å². The highest BCUT2D eigenvalue weighted by Gasteiger charge is 2.16. The highest BCUT2D eigenvalue weighted by atomic mass is 16.5. The number of amides is 1. The Hall–Kier alpha value is -3.02. The molecule has 0 bridgehead atoms. The second-order valence-corrected chi connectivity index (χ2v) is 4.46. The third kappa shape index (κ3) is 3.17. The summed E-state index contributed by atoms with van der Waals surface area (Å²) in [4.78, 5) is 23.4. The van der Waals surface area contributed by atoms with Crippen molar-refractivity contribution in [2.75, 3.05) is 17.7 Å². The SMILES string of the molecule is CCOc1ccccc1C(=O)Nc1cccc(C(=O)O)c1N. The zero-order chi connectivity index (χ0) is 16.1. The molecule has 1 amide bonds. The first-order chi connectivity index (χ1) is 10.5. The number of para-hydroxylation sites is 2. The average molecular weight is 300 g/mol. The van der Waals surface area contributed by atoms with Gasteiger partial charge in [-0.05, 0) is 31.2 Å². The summed E-state index contributed by atoms with van der Waals surface area (Å²) in [6.45, 7) is 2.25. The van der Waals surface area contributed by atoms with Crippen molar-refractivity contribution in [2.24, 2.45) is 0 Å². The molecule has 0 aliphatic heterocycles. The first-order valence-electron chi connectivity index (χ1n) is 6.69. The van der Waals surface area contributed by atoms with Gasteiger partial charge in [-0.2, -0.15) is 0 Å². The Labute approximate surface area is 127 Å². The van der Waals surface area contributed by atoms with E-state index < -0.39 is 11.9 Å². The molecule has 0 unspecified atom stereocenters. The predicted molar refractivity (Wildman–Crippen MR) is 83.4 cm³/mol. The summed E-state index contributed by atoms with van der Waals surface area (Å²) >= 11 is 0. The summed E-state index contributed by atoms with van der Waals surface area (Å²) < 4.78 is 5.40. The van der Waals surface area contributed by atoms with Gasteiger partial charge < -0.3 is 20.9 Å². The molecule has 0 heterocycles. The lowest BCUT2D eigenvalue weighted by molar-refractivity contribution is 0.0697. The molecule has 6 nitrogen and oxygen atoms in total. The van der Waals surface area contributed by atoms with Crippen LogP contribution < -0.4 is 15.8 Å². The molecule has 2 aromatic carbocycles. The third-order valence-electron chi connectivity index (χ3n) is 3.02. The Kier molecular flexibility index (Phi) is 4.63. The number of carbonyl (C=O) groups excluding carboxylic acids is 1. The third-order valence-corrected chi connectivity index (χ3v) is 3.02. The molecule has 0 radical (unpaired) electrons. The van der Waals surface area contributed by atoms with E-state index in [1.165, 1.54) is 12.1 Å².